The van der Waals surface area contributed by atoms with Gasteiger partial charge in [0.25, 0.3) is 0 Å². The van der Waals surface area contributed by atoms with E-state index in [0.717, 1.165) is 15.4 Å². The minimum Gasteiger partial charge on any atom is -0.289 e. The van der Waals surface area contributed by atoms with Gasteiger partial charge >= 0.3 is 0 Å². The summed E-state index contributed by atoms with van der Waals surface area (Å²) in [7, 11) is 0. The fourth-order valence-electron chi connectivity index (χ4n) is 1.57. The lowest BCUT2D eigenvalue weighted by molar-refractivity contribution is 0.104. The lowest BCUT2D eigenvalue weighted by atomic mass is 10.1. The van der Waals surface area contributed by atoms with E-state index in [2.05, 4.69) is 0 Å². The average molecular weight is 254 g/mol. The second-order valence-corrected chi connectivity index (χ2v) is 5.22. The van der Waals surface area contributed by atoms with Gasteiger partial charge in [0.1, 0.15) is 0 Å². The molecule has 18 heavy (non-hydrogen) atoms. The third kappa shape index (κ3) is 3.60. The van der Waals surface area contributed by atoms with Crippen LogP contribution in [0, 0.1) is 0 Å². The molecule has 0 bridgehead atoms. The first-order chi connectivity index (χ1) is 8.75. The highest BCUT2D eigenvalue weighted by Gasteiger charge is 2.02. The lowest BCUT2D eigenvalue weighted by Crippen LogP contribution is -1.93. The van der Waals surface area contributed by atoms with Crippen molar-refractivity contribution in [1.29, 1.82) is 0 Å². The standard InChI is InChI=1S/C16H14OS/c1-13(18-15-10-6-3-7-11-15)12-16(17)14-8-4-2-5-9-14/h2-12H,1H3/b13-12+. The number of hydrogen-bond donors (Lipinski definition) is 0. The molecule has 0 saturated heterocycles. The number of benzene rings is 2. The Balaban J connectivity index is 2.07. The predicted molar refractivity (Wildman–Crippen MR) is 76.8 cm³/mol. The van der Waals surface area contributed by atoms with Gasteiger partial charge in [-0.1, -0.05) is 60.3 Å². The summed E-state index contributed by atoms with van der Waals surface area (Å²) in [5.41, 5.74) is 0.727. The maximum atomic E-state index is 12.0. The minimum absolute atomic E-state index is 0.0523. The van der Waals surface area contributed by atoms with Gasteiger partial charge in [0.05, 0.1) is 0 Å². The molecule has 90 valence electrons. The maximum Gasteiger partial charge on any atom is 0.186 e. The van der Waals surface area contributed by atoms with Crippen LogP contribution in [0.25, 0.3) is 0 Å². The Hall–Kier alpha value is -1.80. The van der Waals surface area contributed by atoms with Gasteiger partial charge in [0, 0.05) is 10.5 Å². The van der Waals surface area contributed by atoms with Gasteiger partial charge in [0.15, 0.2) is 5.78 Å². The van der Waals surface area contributed by atoms with Gasteiger partial charge in [-0.15, -0.1) is 0 Å². The van der Waals surface area contributed by atoms with E-state index in [-0.39, 0.29) is 5.78 Å². The van der Waals surface area contributed by atoms with Crippen LogP contribution < -0.4 is 0 Å². The summed E-state index contributed by atoms with van der Waals surface area (Å²) < 4.78 is 0. The summed E-state index contributed by atoms with van der Waals surface area (Å²) in [6.07, 6.45) is 1.69. The smallest absolute Gasteiger partial charge is 0.186 e. The second kappa shape index (κ2) is 6.22. The van der Waals surface area contributed by atoms with Crippen LogP contribution in [0.5, 0.6) is 0 Å². The van der Waals surface area contributed by atoms with Crippen LogP contribution in [-0.4, -0.2) is 5.78 Å². The maximum absolute atomic E-state index is 12.0. The van der Waals surface area contributed by atoms with Crippen molar-refractivity contribution >= 4 is 17.5 Å². The van der Waals surface area contributed by atoms with Gasteiger partial charge in [-0.2, -0.15) is 0 Å². The van der Waals surface area contributed by atoms with Crippen LogP contribution in [0.3, 0.4) is 0 Å². The highest BCUT2D eigenvalue weighted by atomic mass is 32.2. The van der Waals surface area contributed by atoms with Crippen LogP contribution in [0.1, 0.15) is 17.3 Å². The third-order valence-electron chi connectivity index (χ3n) is 2.41. The molecule has 0 unspecified atom stereocenters. The average Bonchev–Trinajstić information content (AvgIpc) is 2.40. The van der Waals surface area contributed by atoms with E-state index in [1.54, 1.807) is 17.8 Å². The zero-order chi connectivity index (χ0) is 12.8. The van der Waals surface area contributed by atoms with E-state index in [4.69, 9.17) is 0 Å². The first kappa shape index (κ1) is 12.7. The molecular weight excluding hydrogens is 240 g/mol. The zero-order valence-electron chi connectivity index (χ0n) is 10.2. The number of allylic oxidation sites excluding steroid dienone is 2. The lowest BCUT2D eigenvalue weighted by Gasteiger charge is -2.01. The van der Waals surface area contributed by atoms with E-state index in [1.165, 1.54) is 0 Å². The molecule has 2 aromatic rings. The summed E-state index contributed by atoms with van der Waals surface area (Å²) in [5, 5.41) is 0. The SMILES string of the molecule is C/C(=C\C(=O)c1ccccc1)Sc1ccccc1. The largest absolute Gasteiger partial charge is 0.289 e. The number of carbonyl (C=O) groups is 1. The molecule has 2 rings (SSSR count). The number of rotatable bonds is 4. The predicted octanol–water partition coefficient (Wildman–Crippen LogP) is 4.57. The van der Waals surface area contributed by atoms with Crippen LogP contribution in [0.15, 0.2) is 76.5 Å². The van der Waals surface area contributed by atoms with E-state index in [1.807, 2.05) is 67.6 Å². The molecule has 0 aliphatic rings. The molecule has 0 heterocycles. The fourth-order valence-corrected chi connectivity index (χ4v) is 2.41. The summed E-state index contributed by atoms with van der Waals surface area (Å²) in [5.74, 6) is 0.0523. The monoisotopic (exact) mass is 254 g/mol. The van der Waals surface area contributed by atoms with Crippen LogP contribution in [0.4, 0.5) is 0 Å². The van der Waals surface area contributed by atoms with Crippen molar-refractivity contribution in [3.05, 3.63) is 77.2 Å². The molecule has 0 radical (unpaired) electrons. The van der Waals surface area contributed by atoms with E-state index < -0.39 is 0 Å². The molecule has 0 fully saturated rings. The Kier molecular flexibility index (Phi) is 4.37. The summed E-state index contributed by atoms with van der Waals surface area (Å²) in [6, 6.07) is 19.4. The first-order valence-electron chi connectivity index (χ1n) is 5.76. The van der Waals surface area contributed by atoms with Crippen LogP contribution >= 0.6 is 11.8 Å². The van der Waals surface area contributed by atoms with Gasteiger partial charge in [-0.3, -0.25) is 4.79 Å². The molecule has 2 aromatic carbocycles. The topological polar surface area (TPSA) is 17.1 Å². The fraction of sp³-hybridized carbons (Fsp3) is 0.0625. The Morgan fingerprint density at radius 3 is 2.11 bits per heavy atom. The quantitative estimate of drug-likeness (QED) is 0.452. The van der Waals surface area contributed by atoms with E-state index in [0.29, 0.717) is 0 Å². The molecule has 0 N–H and O–H groups in total. The number of ketones is 1. The number of thioether (sulfide) groups is 1. The molecule has 0 aliphatic carbocycles. The summed E-state index contributed by atoms with van der Waals surface area (Å²) in [4.78, 5) is 14.1. The highest BCUT2D eigenvalue weighted by molar-refractivity contribution is 8.03. The molecule has 0 saturated carbocycles. The molecule has 0 amide bonds. The van der Waals surface area contributed by atoms with Crippen molar-refractivity contribution in [2.24, 2.45) is 0 Å². The van der Waals surface area contributed by atoms with Crippen molar-refractivity contribution < 1.29 is 4.79 Å². The minimum atomic E-state index is 0.0523. The molecule has 0 atom stereocenters. The third-order valence-corrected chi connectivity index (χ3v) is 3.36. The number of carbonyl (C=O) groups excluding carboxylic acids is 1. The van der Waals surface area contributed by atoms with Crippen LogP contribution in [0.2, 0.25) is 0 Å². The Labute approximate surface area is 112 Å². The molecule has 2 heteroatoms. The number of hydrogen-bond acceptors (Lipinski definition) is 2. The molecule has 0 spiro atoms. The van der Waals surface area contributed by atoms with Crippen molar-refractivity contribution in [2.45, 2.75) is 11.8 Å². The van der Waals surface area contributed by atoms with Gasteiger partial charge in [-0.05, 0) is 30.0 Å². The highest BCUT2D eigenvalue weighted by Crippen LogP contribution is 2.25. The Bertz CT molecular complexity index is 544. The summed E-state index contributed by atoms with van der Waals surface area (Å²) >= 11 is 1.61. The van der Waals surface area contributed by atoms with E-state index >= 15 is 0 Å². The normalized spacial score (nSPS) is 11.3. The van der Waals surface area contributed by atoms with Crippen molar-refractivity contribution in [2.75, 3.05) is 0 Å². The molecule has 1 nitrogen and oxygen atoms in total. The molecule has 0 aliphatic heterocycles. The van der Waals surface area contributed by atoms with Crippen molar-refractivity contribution in [3.8, 4) is 0 Å². The first-order valence-corrected chi connectivity index (χ1v) is 6.58. The van der Waals surface area contributed by atoms with Crippen molar-refractivity contribution in [1.82, 2.24) is 0 Å². The van der Waals surface area contributed by atoms with Gasteiger partial charge in [-0.25, -0.2) is 0 Å². The van der Waals surface area contributed by atoms with E-state index in [9.17, 15) is 4.79 Å². The molecular formula is C16H14OS. The van der Waals surface area contributed by atoms with Crippen LogP contribution in [-0.2, 0) is 0 Å². The second-order valence-electron chi connectivity index (χ2n) is 3.90. The van der Waals surface area contributed by atoms with Gasteiger partial charge < -0.3 is 0 Å². The van der Waals surface area contributed by atoms with Crippen molar-refractivity contribution in [3.63, 3.8) is 0 Å². The Morgan fingerprint density at radius 1 is 0.944 bits per heavy atom. The van der Waals surface area contributed by atoms with Gasteiger partial charge in [0.2, 0.25) is 0 Å². The Morgan fingerprint density at radius 2 is 1.50 bits per heavy atom. The zero-order valence-corrected chi connectivity index (χ0v) is 11.0. The summed E-state index contributed by atoms with van der Waals surface area (Å²) in [6.45, 7) is 1.96. The molecule has 0 aromatic heterocycles.